The van der Waals surface area contributed by atoms with Gasteiger partial charge in [0.15, 0.2) is 0 Å². The molecule has 1 fully saturated rings. The summed E-state index contributed by atoms with van der Waals surface area (Å²) in [5.41, 5.74) is 3.21. The zero-order chi connectivity index (χ0) is 25.9. The van der Waals surface area contributed by atoms with E-state index in [0.717, 1.165) is 11.1 Å². The lowest BCUT2D eigenvalue weighted by Gasteiger charge is -2.40. The molecule has 1 saturated heterocycles. The van der Waals surface area contributed by atoms with E-state index in [0.29, 0.717) is 53.9 Å². The number of ether oxygens (including phenoxy) is 2. The molecule has 1 atom stereocenters. The number of carbonyl (C=O) groups is 2. The van der Waals surface area contributed by atoms with Gasteiger partial charge in [-0.25, -0.2) is 4.79 Å². The highest BCUT2D eigenvalue weighted by Crippen LogP contribution is 2.28. The highest BCUT2D eigenvalue weighted by molar-refractivity contribution is 6.31. The van der Waals surface area contributed by atoms with Crippen molar-refractivity contribution in [2.75, 3.05) is 32.1 Å². The number of benzene rings is 1. The van der Waals surface area contributed by atoms with Gasteiger partial charge in [0.1, 0.15) is 11.4 Å². The van der Waals surface area contributed by atoms with E-state index >= 15 is 0 Å². The SMILES string of the molecule is COc1cc(C(=O)Nc2cc(Cl)cc(CN3CCN(C(=O)OC(C)(C)C)C(C)C3)c2C)cnc1C. The Morgan fingerprint density at radius 3 is 2.54 bits per heavy atom. The number of carbonyl (C=O) groups excluding carboxylic acids is 2. The van der Waals surface area contributed by atoms with Gasteiger partial charge < -0.3 is 19.7 Å². The number of halogens is 1. The molecule has 1 aromatic heterocycles. The molecule has 2 amide bonds. The van der Waals surface area contributed by atoms with Crippen LogP contribution in [0.25, 0.3) is 0 Å². The monoisotopic (exact) mass is 502 g/mol. The minimum absolute atomic E-state index is 0.0151. The summed E-state index contributed by atoms with van der Waals surface area (Å²) >= 11 is 6.42. The Balaban J connectivity index is 1.70. The first-order valence-electron chi connectivity index (χ1n) is 11.7. The van der Waals surface area contributed by atoms with Crippen LogP contribution in [0.4, 0.5) is 10.5 Å². The lowest BCUT2D eigenvalue weighted by atomic mass is 10.0. The molecule has 1 aliphatic rings. The Labute approximate surface area is 212 Å². The minimum atomic E-state index is -0.521. The first kappa shape index (κ1) is 26.8. The molecule has 1 aromatic carbocycles. The first-order valence-corrected chi connectivity index (χ1v) is 12.1. The molecule has 8 nitrogen and oxygen atoms in total. The van der Waals surface area contributed by atoms with Gasteiger partial charge in [-0.05, 0) is 70.9 Å². The van der Waals surface area contributed by atoms with Crippen molar-refractivity contribution in [1.29, 1.82) is 0 Å². The molecule has 0 spiro atoms. The highest BCUT2D eigenvalue weighted by Gasteiger charge is 2.31. The molecular formula is C26H35ClN4O4. The summed E-state index contributed by atoms with van der Waals surface area (Å²) in [5, 5.41) is 3.50. The van der Waals surface area contributed by atoms with Crippen LogP contribution in [-0.4, -0.2) is 65.2 Å². The molecular weight excluding hydrogens is 468 g/mol. The molecule has 0 aliphatic carbocycles. The molecule has 1 aliphatic heterocycles. The summed E-state index contributed by atoms with van der Waals surface area (Å²) in [5.74, 6) is 0.271. The standard InChI is InChI=1S/C26H35ClN4O4/c1-16-14-30(8-9-31(16)25(33)35-26(4,5)6)15-20-10-21(27)12-22(17(20)2)29-24(32)19-11-23(34-7)18(3)28-13-19/h10-13,16H,8-9,14-15H2,1-7H3,(H,29,32). The summed E-state index contributed by atoms with van der Waals surface area (Å²) in [6.45, 7) is 14.1. The number of aryl methyl sites for hydroxylation is 1. The van der Waals surface area contributed by atoms with Crippen molar-refractivity contribution in [2.24, 2.45) is 0 Å². The fourth-order valence-corrected chi connectivity index (χ4v) is 4.32. The van der Waals surface area contributed by atoms with Gasteiger partial charge in [0, 0.05) is 49.1 Å². The molecule has 190 valence electrons. The minimum Gasteiger partial charge on any atom is -0.495 e. The summed E-state index contributed by atoms with van der Waals surface area (Å²) in [6.07, 6.45) is 1.25. The van der Waals surface area contributed by atoms with E-state index in [1.165, 1.54) is 6.20 Å². The Bertz CT molecular complexity index is 1100. The largest absolute Gasteiger partial charge is 0.495 e. The molecule has 0 bridgehead atoms. The van der Waals surface area contributed by atoms with Crippen LogP contribution in [0.2, 0.25) is 5.02 Å². The smallest absolute Gasteiger partial charge is 0.410 e. The molecule has 35 heavy (non-hydrogen) atoms. The summed E-state index contributed by atoms with van der Waals surface area (Å²) in [4.78, 5) is 33.7. The number of aromatic nitrogens is 1. The van der Waals surface area contributed by atoms with Gasteiger partial charge in [-0.3, -0.25) is 14.7 Å². The van der Waals surface area contributed by atoms with E-state index in [1.54, 1.807) is 24.1 Å². The van der Waals surface area contributed by atoms with Crippen LogP contribution in [0.5, 0.6) is 5.75 Å². The van der Waals surface area contributed by atoms with Crippen molar-refractivity contribution in [3.63, 3.8) is 0 Å². The second-order valence-corrected chi connectivity index (χ2v) is 10.4. The second-order valence-electron chi connectivity index (χ2n) is 9.96. The van der Waals surface area contributed by atoms with Gasteiger partial charge in [0.25, 0.3) is 5.91 Å². The van der Waals surface area contributed by atoms with E-state index in [1.807, 2.05) is 47.6 Å². The van der Waals surface area contributed by atoms with Gasteiger partial charge in [-0.1, -0.05) is 11.6 Å². The highest BCUT2D eigenvalue weighted by atomic mass is 35.5. The molecule has 0 radical (unpaired) electrons. The second kappa shape index (κ2) is 10.8. The Morgan fingerprint density at radius 2 is 1.91 bits per heavy atom. The summed E-state index contributed by atoms with van der Waals surface area (Å²) < 4.78 is 10.8. The summed E-state index contributed by atoms with van der Waals surface area (Å²) in [7, 11) is 1.55. The number of piperazine rings is 1. The lowest BCUT2D eigenvalue weighted by molar-refractivity contribution is 0.000535. The van der Waals surface area contributed by atoms with Crippen molar-refractivity contribution in [2.45, 2.75) is 59.7 Å². The third-order valence-electron chi connectivity index (χ3n) is 5.98. The fraction of sp³-hybridized carbons (Fsp3) is 0.500. The zero-order valence-electron chi connectivity index (χ0n) is 21.6. The van der Waals surface area contributed by atoms with E-state index < -0.39 is 5.60 Å². The molecule has 3 rings (SSSR count). The van der Waals surface area contributed by atoms with Crippen LogP contribution in [0, 0.1) is 13.8 Å². The number of amides is 2. The number of pyridine rings is 1. The molecule has 9 heteroatoms. The third kappa shape index (κ3) is 6.86. The number of nitrogens with one attached hydrogen (secondary N) is 1. The van der Waals surface area contributed by atoms with Crippen molar-refractivity contribution in [1.82, 2.24) is 14.8 Å². The molecule has 1 unspecified atom stereocenters. The molecule has 0 saturated carbocycles. The van der Waals surface area contributed by atoms with Crippen LogP contribution in [0.1, 0.15) is 54.9 Å². The van der Waals surface area contributed by atoms with E-state index in [2.05, 4.69) is 15.2 Å². The van der Waals surface area contributed by atoms with E-state index in [9.17, 15) is 9.59 Å². The van der Waals surface area contributed by atoms with Gasteiger partial charge in [-0.2, -0.15) is 0 Å². The summed E-state index contributed by atoms with van der Waals surface area (Å²) in [6, 6.07) is 5.36. The maximum absolute atomic E-state index is 12.9. The number of rotatable bonds is 5. The average Bonchev–Trinajstić information content (AvgIpc) is 2.76. The molecule has 2 heterocycles. The normalized spacial score (nSPS) is 16.7. The Hall–Kier alpha value is -2.84. The average molecular weight is 503 g/mol. The quantitative estimate of drug-likeness (QED) is 0.615. The van der Waals surface area contributed by atoms with Crippen LogP contribution in [0.3, 0.4) is 0 Å². The predicted molar refractivity (Wildman–Crippen MR) is 137 cm³/mol. The van der Waals surface area contributed by atoms with Crippen LogP contribution in [0.15, 0.2) is 24.4 Å². The lowest BCUT2D eigenvalue weighted by Crippen LogP contribution is -2.54. The number of nitrogens with zero attached hydrogens (tertiary/aromatic N) is 3. The van der Waals surface area contributed by atoms with Crippen LogP contribution >= 0.6 is 11.6 Å². The number of hydrogen-bond acceptors (Lipinski definition) is 6. The van der Waals surface area contributed by atoms with Gasteiger partial charge >= 0.3 is 6.09 Å². The Kier molecular flexibility index (Phi) is 8.28. The third-order valence-corrected chi connectivity index (χ3v) is 6.20. The van der Waals surface area contributed by atoms with Crippen molar-refractivity contribution in [3.05, 3.63) is 51.8 Å². The van der Waals surface area contributed by atoms with Gasteiger partial charge in [0.05, 0.1) is 18.4 Å². The maximum Gasteiger partial charge on any atom is 0.410 e. The fourth-order valence-electron chi connectivity index (χ4n) is 4.08. The van der Waals surface area contributed by atoms with Crippen LogP contribution in [-0.2, 0) is 11.3 Å². The first-order chi connectivity index (χ1) is 16.4. The number of hydrogen-bond donors (Lipinski definition) is 1. The van der Waals surface area contributed by atoms with Crippen molar-refractivity contribution >= 4 is 29.3 Å². The van der Waals surface area contributed by atoms with Crippen LogP contribution < -0.4 is 10.1 Å². The van der Waals surface area contributed by atoms with Crippen molar-refractivity contribution < 1.29 is 19.1 Å². The zero-order valence-corrected chi connectivity index (χ0v) is 22.3. The van der Waals surface area contributed by atoms with Gasteiger partial charge in [0.2, 0.25) is 0 Å². The maximum atomic E-state index is 12.9. The molecule has 2 aromatic rings. The van der Waals surface area contributed by atoms with Crippen molar-refractivity contribution in [3.8, 4) is 5.75 Å². The Morgan fingerprint density at radius 1 is 1.20 bits per heavy atom. The molecule has 1 N–H and O–H groups in total. The number of anilines is 1. The predicted octanol–water partition coefficient (Wildman–Crippen LogP) is 5.05. The topological polar surface area (TPSA) is 84.0 Å². The van der Waals surface area contributed by atoms with E-state index in [4.69, 9.17) is 21.1 Å². The van der Waals surface area contributed by atoms with E-state index in [-0.39, 0.29) is 18.0 Å². The van der Waals surface area contributed by atoms with Gasteiger partial charge in [-0.15, -0.1) is 0 Å². The number of methoxy groups -OCH3 is 1.